The first-order valence-electron chi connectivity index (χ1n) is 3.55. The predicted molar refractivity (Wildman–Crippen MR) is 57.8 cm³/mol. The van der Waals surface area contributed by atoms with Crippen molar-refractivity contribution in [1.29, 1.82) is 0 Å². The zero-order chi connectivity index (χ0) is 11.7. The van der Waals surface area contributed by atoms with Crippen molar-refractivity contribution in [3.8, 4) is 0 Å². The molecule has 0 bridgehead atoms. The van der Waals surface area contributed by atoms with Gasteiger partial charge in [0.25, 0.3) is 0 Å². The second kappa shape index (κ2) is 4.74. The molecule has 0 aromatic heterocycles. The number of benzene rings is 1. The van der Waals surface area contributed by atoms with Gasteiger partial charge in [0.1, 0.15) is 10.7 Å². The highest BCUT2D eigenvalue weighted by molar-refractivity contribution is 6.47. The van der Waals surface area contributed by atoms with Gasteiger partial charge in [0.15, 0.2) is 0 Å². The molecule has 0 aliphatic rings. The zero-order valence-corrected chi connectivity index (χ0v) is 9.92. The number of halogens is 5. The highest BCUT2D eigenvalue weighted by Gasteiger charge is 2.23. The Morgan fingerprint density at radius 3 is 2.27 bits per heavy atom. The number of carboxylic acids is 1. The summed E-state index contributed by atoms with van der Waals surface area (Å²) in [6.45, 7) is 0. The van der Waals surface area contributed by atoms with Crippen LogP contribution in [0.2, 0.25) is 10.0 Å². The molecule has 0 amide bonds. The fourth-order valence-electron chi connectivity index (χ4n) is 0.971. The number of aromatic carboxylic acids is 1. The highest BCUT2D eigenvalue weighted by Crippen LogP contribution is 2.39. The second-order valence-electron chi connectivity index (χ2n) is 2.55. The summed E-state index contributed by atoms with van der Waals surface area (Å²) >= 11 is 22.2. The van der Waals surface area contributed by atoms with E-state index in [-0.39, 0.29) is 15.6 Å². The molecule has 82 valence electrons. The minimum atomic E-state index is -1.38. The molecule has 0 heterocycles. The summed E-state index contributed by atoms with van der Waals surface area (Å²) < 4.78 is 13.2. The van der Waals surface area contributed by atoms with Crippen LogP contribution in [0.25, 0.3) is 0 Å². The van der Waals surface area contributed by atoms with Crippen LogP contribution in [-0.4, -0.2) is 11.1 Å². The van der Waals surface area contributed by atoms with Gasteiger partial charge in [-0.05, 0) is 6.07 Å². The molecule has 1 N–H and O–H groups in total. The molecule has 7 heteroatoms. The lowest BCUT2D eigenvalue weighted by Crippen LogP contribution is -2.02. The Morgan fingerprint density at radius 2 is 1.87 bits per heavy atom. The van der Waals surface area contributed by atoms with Crippen molar-refractivity contribution < 1.29 is 14.3 Å². The van der Waals surface area contributed by atoms with Crippen molar-refractivity contribution in [3.05, 3.63) is 33.1 Å². The first-order valence-corrected chi connectivity index (χ1v) is 5.18. The van der Waals surface area contributed by atoms with E-state index in [0.29, 0.717) is 6.07 Å². The Bertz CT molecular complexity index is 420. The summed E-state index contributed by atoms with van der Waals surface area (Å²) in [5, 5.41) is 8.07. The number of alkyl halides is 2. The molecular weight excluding hydrogens is 289 g/mol. The van der Waals surface area contributed by atoms with Crippen LogP contribution in [0.5, 0.6) is 0 Å². The third kappa shape index (κ3) is 2.48. The van der Waals surface area contributed by atoms with Crippen molar-refractivity contribution in [2.45, 2.75) is 4.84 Å². The summed E-state index contributed by atoms with van der Waals surface area (Å²) in [6, 6.07) is 0.715. The number of hydrogen-bond donors (Lipinski definition) is 1. The van der Waals surface area contributed by atoms with Gasteiger partial charge in [0.05, 0.1) is 15.6 Å². The van der Waals surface area contributed by atoms with Crippen molar-refractivity contribution >= 4 is 52.4 Å². The maximum absolute atomic E-state index is 13.2. The molecule has 0 saturated carbocycles. The van der Waals surface area contributed by atoms with Crippen LogP contribution in [0.15, 0.2) is 6.07 Å². The van der Waals surface area contributed by atoms with Gasteiger partial charge in [-0.3, -0.25) is 0 Å². The van der Waals surface area contributed by atoms with E-state index in [4.69, 9.17) is 51.5 Å². The lowest BCUT2D eigenvalue weighted by molar-refractivity contribution is 0.0696. The Balaban J connectivity index is 3.56. The SMILES string of the molecule is O=C(O)c1cc(F)c(Cl)c(C(Cl)Cl)c1Cl. The summed E-state index contributed by atoms with van der Waals surface area (Å²) in [6.07, 6.45) is 0. The van der Waals surface area contributed by atoms with Gasteiger partial charge in [-0.25, -0.2) is 9.18 Å². The van der Waals surface area contributed by atoms with Crippen molar-refractivity contribution in [2.75, 3.05) is 0 Å². The van der Waals surface area contributed by atoms with Crippen molar-refractivity contribution in [3.63, 3.8) is 0 Å². The van der Waals surface area contributed by atoms with E-state index in [1.54, 1.807) is 0 Å². The molecule has 15 heavy (non-hydrogen) atoms. The van der Waals surface area contributed by atoms with Gasteiger partial charge in [-0.2, -0.15) is 0 Å². The van der Waals surface area contributed by atoms with Crippen molar-refractivity contribution in [2.24, 2.45) is 0 Å². The van der Waals surface area contributed by atoms with E-state index >= 15 is 0 Å². The first-order chi connectivity index (χ1) is 6.86. The molecule has 0 saturated heterocycles. The van der Waals surface area contributed by atoms with Crippen LogP contribution in [-0.2, 0) is 0 Å². The molecule has 0 unspecified atom stereocenters. The number of carboxylic acid groups (broad SMARTS) is 1. The van der Waals surface area contributed by atoms with E-state index in [0.717, 1.165) is 0 Å². The van der Waals surface area contributed by atoms with E-state index in [2.05, 4.69) is 0 Å². The number of hydrogen-bond acceptors (Lipinski definition) is 1. The Morgan fingerprint density at radius 1 is 1.33 bits per heavy atom. The largest absolute Gasteiger partial charge is 0.478 e. The van der Waals surface area contributed by atoms with Crippen LogP contribution in [0.3, 0.4) is 0 Å². The van der Waals surface area contributed by atoms with E-state index in [1.165, 1.54) is 0 Å². The minimum absolute atomic E-state index is 0.140. The quantitative estimate of drug-likeness (QED) is 0.651. The van der Waals surface area contributed by atoms with Crippen LogP contribution < -0.4 is 0 Å². The van der Waals surface area contributed by atoms with Gasteiger partial charge < -0.3 is 5.11 Å². The normalized spacial score (nSPS) is 10.8. The predicted octanol–water partition coefficient (Wildman–Crippen LogP) is 4.31. The second-order valence-corrected chi connectivity index (χ2v) is 4.41. The molecular formula is C8H3Cl4FO2. The summed E-state index contributed by atoms with van der Waals surface area (Å²) in [7, 11) is 0. The molecule has 0 aliphatic carbocycles. The van der Waals surface area contributed by atoms with Gasteiger partial charge in [-0.1, -0.05) is 46.4 Å². The van der Waals surface area contributed by atoms with Gasteiger partial charge >= 0.3 is 5.97 Å². The summed E-state index contributed by atoms with van der Waals surface area (Å²) in [4.78, 5) is 9.48. The smallest absolute Gasteiger partial charge is 0.337 e. The summed E-state index contributed by atoms with van der Waals surface area (Å²) in [5.74, 6) is -2.31. The van der Waals surface area contributed by atoms with Crippen LogP contribution in [0, 0.1) is 5.82 Å². The van der Waals surface area contributed by atoms with Crippen molar-refractivity contribution in [1.82, 2.24) is 0 Å². The molecule has 1 rings (SSSR count). The average molecular weight is 292 g/mol. The zero-order valence-electron chi connectivity index (χ0n) is 6.90. The topological polar surface area (TPSA) is 37.3 Å². The van der Waals surface area contributed by atoms with Gasteiger partial charge in [0, 0.05) is 5.56 Å². The van der Waals surface area contributed by atoms with E-state index < -0.39 is 22.2 Å². The maximum Gasteiger partial charge on any atom is 0.337 e. The van der Waals surface area contributed by atoms with E-state index in [1.807, 2.05) is 0 Å². The monoisotopic (exact) mass is 290 g/mol. The highest BCUT2D eigenvalue weighted by atomic mass is 35.5. The molecule has 1 aromatic rings. The number of carbonyl (C=O) groups is 1. The molecule has 0 radical (unpaired) electrons. The Labute approximate surface area is 104 Å². The average Bonchev–Trinajstić information content (AvgIpc) is 2.10. The molecule has 0 fully saturated rings. The number of rotatable bonds is 2. The molecule has 1 aromatic carbocycles. The molecule has 0 spiro atoms. The fraction of sp³-hybridized carbons (Fsp3) is 0.125. The summed E-state index contributed by atoms with van der Waals surface area (Å²) in [5.41, 5.74) is -0.570. The Hall–Kier alpha value is -0.220. The van der Waals surface area contributed by atoms with Crippen LogP contribution in [0.1, 0.15) is 20.8 Å². The lowest BCUT2D eigenvalue weighted by atomic mass is 10.1. The van der Waals surface area contributed by atoms with Gasteiger partial charge in [-0.15, -0.1) is 0 Å². The van der Waals surface area contributed by atoms with Crippen LogP contribution >= 0.6 is 46.4 Å². The van der Waals surface area contributed by atoms with E-state index in [9.17, 15) is 9.18 Å². The lowest BCUT2D eigenvalue weighted by Gasteiger charge is -2.10. The minimum Gasteiger partial charge on any atom is -0.478 e. The van der Waals surface area contributed by atoms with Crippen LogP contribution in [0.4, 0.5) is 4.39 Å². The standard InChI is InChI=1S/C8H3Cl4FO2/c9-5-2(8(14)15)1-3(13)6(10)4(5)7(11)12/h1,7H,(H,14,15). The molecule has 2 nitrogen and oxygen atoms in total. The third-order valence-corrected chi connectivity index (χ3v) is 2.87. The first kappa shape index (κ1) is 12.8. The van der Waals surface area contributed by atoms with Gasteiger partial charge in [0.2, 0.25) is 0 Å². The third-order valence-electron chi connectivity index (χ3n) is 1.64. The molecule has 0 atom stereocenters. The fourth-order valence-corrected chi connectivity index (χ4v) is 2.28. The maximum atomic E-state index is 13.2. The Kier molecular flexibility index (Phi) is 4.06. The molecule has 0 aliphatic heterocycles.